The third kappa shape index (κ3) is 2.25. The lowest BCUT2D eigenvalue weighted by Crippen LogP contribution is -2.42. The van der Waals surface area contributed by atoms with Gasteiger partial charge >= 0.3 is 0 Å². The van der Waals surface area contributed by atoms with Crippen molar-refractivity contribution < 1.29 is 9.18 Å². The van der Waals surface area contributed by atoms with Crippen molar-refractivity contribution in [2.75, 3.05) is 13.1 Å². The summed E-state index contributed by atoms with van der Waals surface area (Å²) in [4.78, 5) is 14.7. The Hall–Kier alpha value is -1.42. The molecule has 1 aromatic rings. The number of carbonyl (C=O) groups excluding carboxylic acids is 1. The number of amides is 1. The molecule has 19 heavy (non-hydrogen) atoms. The number of fused-ring (bicyclic) bond motifs is 2. The normalized spacial score (nSPS) is 26.3. The van der Waals surface area contributed by atoms with Crippen LogP contribution in [-0.2, 0) is 0 Å². The number of halogens is 1. The topological polar surface area (TPSA) is 32.3 Å². The van der Waals surface area contributed by atoms with E-state index in [-0.39, 0.29) is 17.8 Å². The molecule has 3 rings (SSSR count). The average Bonchev–Trinajstić information content (AvgIpc) is 2.65. The number of aryl methyl sites for hydroxylation is 1. The predicted molar refractivity (Wildman–Crippen MR) is 71.6 cm³/mol. The van der Waals surface area contributed by atoms with Crippen molar-refractivity contribution >= 4 is 5.91 Å². The van der Waals surface area contributed by atoms with Gasteiger partial charge < -0.3 is 10.2 Å². The van der Waals surface area contributed by atoms with Crippen LogP contribution in [0.4, 0.5) is 4.39 Å². The van der Waals surface area contributed by atoms with Crippen LogP contribution in [0.1, 0.15) is 35.2 Å². The largest absolute Gasteiger partial charge is 0.331 e. The maximum absolute atomic E-state index is 13.4. The van der Waals surface area contributed by atoms with E-state index in [9.17, 15) is 9.18 Å². The Morgan fingerprint density at radius 3 is 2.95 bits per heavy atom. The van der Waals surface area contributed by atoms with Gasteiger partial charge in [0.05, 0.1) is 0 Å². The highest BCUT2D eigenvalue weighted by atomic mass is 19.1. The van der Waals surface area contributed by atoms with Gasteiger partial charge in [-0.3, -0.25) is 4.79 Å². The molecule has 0 spiro atoms. The van der Waals surface area contributed by atoms with Crippen molar-refractivity contribution in [2.24, 2.45) is 0 Å². The summed E-state index contributed by atoms with van der Waals surface area (Å²) in [6.45, 7) is 3.69. The molecule has 1 amide bonds. The maximum Gasteiger partial charge on any atom is 0.254 e. The molecule has 2 heterocycles. The van der Waals surface area contributed by atoms with Gasteiger partial charge in [-0.05, 0) is 50.4 Å². The van der Waals surface area contributed by atoms with Crippen LogP contribution < -0.4 is 5.32 Å². The van der Waals surface area contributed by atoms with Gasteiger partial charge in [-0.1, -0.05) is 6.07 Å². The molecule has 0 aromatic heterocycles. The summed E-state index contributed by atoms with van der Waals surface area (Å²) in [5.41, 5.74) is 1.36. The van der Waals surface area contributed by atoms with Gasteiger partial charge in [0, 0.05) is 24.2 Å². The molecule has 2 saturated heterocycles. The van der Waals surface area contributed by atoms with E-state index in [0.717, 1.165) is 37.9 Å². The summed E-state index contributed by atoms with van der Waals surface area (Å²) in [5, 5.41) is 3.37. The van der Waals surface area contributed by atoms with E-state index in [2.05, 4.69) is 5.32 Å². The average molecular weight is 262 g/mol. The second-order valence-corrected chi connectivity index (χ2v) is 5.55. The minimum Gasteiger partial charge on any atom is -0.331 e. The minimum atomic E-state index is -0.339. The van der Waals surface area contributed by atoms with Crippen molar-refractivity contribution in [1.82, 2.24) is 10.2 Å². The Kier molecular flexibility index (Phi) is 3.27. The van der Waals surface area contributed by atoms with Gasteiger partial charge in [0.15, 0.2) is 0 Å². The number of carbonyl (C=O) groups is 1. The van der Waals surface area contributed by atoms with Crippen LogP contribution in [0.15, 0.2) is 18.2 Å². The van der Waals surface area contributed by atoms with Crippen LogP contribution in [0.25, 0.3) is 0 Å². The Labute approximate surface area is 112 Å². The summed E-state index contributed by atoms with van der Waals surface area (Å²) in [6.07, 6.45) is 3.13. The zero-order valence-electron chi connectivity index (χ0n) is 11.2. The summed E-state index contributed by atoms with van der Waals surface area (Å²) in [6, 6.07) is 5.04. The molecule has 2 atom stereocenters. The first-order valence-corrected chi connectivity index (χ1v) is 6.96. The van der Waals surface area contributed by atoms with Crippen molar-refractivity contribution in [3.63, 3.8) is 0 Å². The van der Waals surface area contributed by atoms with Crippen LogP contribution in [0.5, 0.6) is 0 Å². The van der Waals surface area contributed by atoms with Crippen molar-refractivity contribution in [3.05, 3.63) is 35.1 Å². The summed E-state index contributed by atoms with van der Waals surface area (Å²) in [5.74, 6) is -0.345. The molecule has 2 aliphatic rings. The Morgan fingerprint density at radius 1 is 1.32 bits per heavy atom. The highest BCUT2D eigenvalue weighted by Gasteiger charge is 2.38. The predicted octanol–water partition coefficient (Wildman–Crippen LogP) is 2.10. The van der Waals surface area contributed by atoms with Gasteiger partial charge in [-0.15, -0.1) is 0 Å². The van der Waals surface area contributed by atoms with Gasteiger partial charge in [0.2, 0.25) is 0 Å². The van der Waals surface area contributed by atoms with Crippen molar-refractivity contribution in [3.8, 4) is 0 Å². The van der Waals surface area contributed by atoms with E-state index < -0.39 is 0 Å². The molecule has 1 aromatic carbocycles. The molecule has 2 fully saturated rings. The third-order valence-corrected chi connectivity index (χ3v) is 4.32. The molecule has 2 aliphatic heterocycles. The molecule has 2 bridgehead atoms. The fourth-order valence-corrected chi connectivity index (χ4v) is 3.28. The standard InChI is InChI=1S/C15H19FN2O/c1-10-2-3-11(16)8-14(10)15(19)18-12-4-5-13(18)9-17-7-6-12/h2-3,8,12-13,17H,4-7,9H2,1H3. The van der Waals surface area contributed by atoms with Crippen LogP contribution in [0.3, 0.4) is 0 Å². The molecule has 3 nitrogen and oxygen atoms in total. The van der Waals surface area contributed by atoms with Gasteiger partial charge in [-0.25, -0.2) is 4.39 Å². The van der Waals surface area contributed by atoms with Crippen LogP contribution in [0, 0.1) is 12.7 Å². The van der Waals surface area contributed by atoms with E-state index >= 15 is 0 Å². The Bertz CT molecular complexity index is 489. The van der Waals surface area contributed by atoms with Gasteiger partial charge in [-0.2, -0.15) is 0 Å². The second kappa shape index (κ2) is 4.93. The van der Waals surface area contributed by atoms with Crippen LogP contribution >= 0.6 is 0 Å². The van der Waals surface area contributed by atoms with E-state index in [1.54, 1.807) is 6.07 Å². The smallest absolute Gasteiger partial charge is 0.254 e. The van der Waals surface area contributed by atoms with Gasteiger partial charge in [0.1, 0.15) is 5.82 Å². The molecule has 0 saturated carbocycles. The number of benzene rings is 1. The molecule has 4 heteroatoms. The maximum atomic E-state index is 13.4. The Balaban J connectivity index is 1.93. The minimum absolute atomic E-state index is 0.00630. The first kappa shape index (κ1) is 12.6. The summed E-state index contributed by atoms with van der Waals surface area (Å²) < 4.78 is 13.4. The molecule has 102 valence electrons. The van der Waals surface area contributed by atoms with Crippen LogP contribution in [0.2, 0.25) is 0 Å². The zero-order valence-corrected chi connectivity index (χ0v) is 11.2. The molecule has 0 aliphatic carbocycles. The number of nitrogens with one attached hydrogen (secondary N) is 1. The summed E-state index contributed by atoms with van der Waals surface area (Å²) >= 11 is 0. The monoisotopic (exact) mass is 262 g/mol. The molecular formula is C15H19FN2O. The number of nitrogens with zero attached hydrogens (tertiary/aromatic N) is 1. The fraction of sp³-hybridized carbons (Fsp3) is 0.533. The summed E-state index contributed by atoms with van der Waals surface area (Å²) in [7, 11) is 0. The molecule has 1 N–H and O–H groups in total. The lowest BCUT2D eigenvalue weighted by Gasteiger charge is -2.28. The van der Waals surface area contributed by atoms with E-state index in [0.29, 0.717) is 11.6 Å². The Morgan fingerprint density at radius 2 is 2.11 bits per heavy atom. The van der Waals surface area contributed by atoms with Crippen molar-refractivity contribution in [1.29, 1.82) is 0 Å². The number of hydrogen-bond acceptors (Lipinski definition) is 2. The number of rotatable bonds is 1. The van der Waals surface area contributed by atoms with E-state index in [1.165, 1.54) is 12.1 Å². The molecular weight excluding hydrogens is 243 g/mol. The fourth-order valence-electron chi connectivity index (χ4n) is 3.28. The van der Waals surface area contributed by atoms with Gasteiger partial charge in [0.25, 0.3) is 5.91 Å². The number of hydrogen-bond donors (Lipinski definition) is 1. The van der Waals surface area contributed by atoms with E-state index in [4.69, 9.17) is 0 Å². The quantitative estimate of drug-likeness (QED) is 0.840. The second-order valence-electron chi connectivity index (χ2n) is 5.55. The zero-order chi connectivity index (χ0) is 13.4. The highest BCUT2D eigenvalue weighted by molar-refractivity contribution is 5.96. The SMILES string of the molecule is Cc1ccc(F)cc1C(=O)N1C2CCNCC1CC2. The third-order valence-electron chi connectivity index (χ3n) is 4.32. The lowest BCUT2D eigenvalue weighted by atomic mass is 10.1. The highest BCUT2D eigenvalue weighted by Crippen LogP contribution is 2.30. The van der Waals surface area contributed by atoms with E-state index in [1.807, 2.05) is 11.8 Å². The van der Waals surface area contributed by atoms with Crippen LogP contribution in [-0.4, -0.2) is 36.0 Å². The van der Waals surface area contributed by atoms with Crippen molar-refractivity contribution in [2.45, 2.75) is 38.3 Å². The first-order valence-electron chi connectivity index (χ1n) is 6.96. The molecule has 2 unspecified atom stereocenters. The first-order chi connectivity index (χ1) is 9.16. The molecule has 0 radical (unpaired) electrons. The lowest BCUT2D eigenvalue weighted by molar-refractivity contribution is 0.0679.